The maximum Gasteiger partial charge on any atom is 0.314 e. The van der Waals surface area contributed by atoms with Crippen LogP contribution in [0, 0.1) is 45.3 Å². The molecule has 4 fully saturated rings. The van der Waals surface area contributed by atoms with Crippen LogP contribution in [-0.2, 0) is 9.53 Å². The highest BCUT2D eigenvalue weighted by Crippen LogP contribution is 2.77. The number of ether oxygens (including phenoxy) is 1. The third-order valence-corrected chi connectivity index (χ3v) is 11.8. The van der Waals surface area contributed by atoms with E-state index in [0.29, 0.717) is 11.8 Å². The predicted molar refractivity (Wildman–Crippen MR) is 132 cm³/mol. The van der Waals surface area contributed by atoms with Crippen molar-refractivity contribution >= 4 is 5.97 Å². The zero-order chi connectivity index (χ0) is 24.0. The van der Waals surface area contributed by atoms with Crippen LogP contribution in [0.5, 0.6) is 0 Å². The second-order valence-corrected chi connectivity index (χ2v) is 13.4. The maximum absolute atomic E-state index is 13.9. The van der Waals surface area contributed by atoms with E-state index in [2.05, 4.69) is 78.8 Å². The summed E-state index contributed by atoms with van der Waals surface area (Å²) in [6.45, 7) is 15.9. The third-order valence-electron chi connectivity index (χ3n) is 11.8. The fourth-order valence-corrected chi connectivity index (χ4v) is 9.51. The minimum atomic E-state index is -0.652. The Labute approximate surface area is 200 Å². The fraction of sp³-hybridized carbons (Fsp3) is 0.767. The molecular weight excluding hydrogens is 408 g/mol. The average molecular weight is 453 g/mol. The number of hydrogen-bond acceptors (Lipinski definition) is 3. The molecule has 3 nitrogen and oxygen atoms in total. The molecule has 9 atom stereocenters. The quantitative estimate of drug-likeness (QED) is 0.297. The third kappa shape index (κ3) is 2.64. The van der Waals surface area contributed by atoms with Crippen molar-refractivity contribution in [3.63, 3.8) is 0 Å². The number of allylic oxidation sites excluding steroid dienone is 5. The summed E-state index contributed by atoms with van der Waals surface area (Å²) in [5.41, 5.74) is 0.0873. The van der Waals surface area contributed by atoms with Gasteiger partial charge in [0.2, 0.25) is 0 Å². The number of rotatable bonds is 3. The van der Waals surface area contributed by atoms with Crippen molar-refractivity contribution in [2.45, 2.75) is 98.7 Å². The molecule has 1 saturated heterocycles. The van der Waals surface area contributed by atoms with Crippen LogP contribution in [0.1, 0.15) is 87.0 Å². The van der Waals surface area contributed by atoms with Gasteiger partial charge in [-0.3, -0.25) is 4.79 Å². The van der Waals surface area contributed by atoms with Gasteiger partial charge in [-0.1, -0.05) is 64.5 Å². The van der Waals surface area contributed by atoms with Crippen LogP contribution in [-0.4, -0.2) is 22.8 Å². The Morgan fingerprint density at radius 3 is 2.52 bits per heavy atom. The van der Waals surface area contributed by atoms with Crippen LogP contribution in [0.15, 0.2) is 36.0 Å². The van der Waals surface area contributed by atoms with Gasteiger partial charge in [-0.2, -0.15) is 0 Å². The first-order chi connectivity index (χ1) is 15.4. The molecule has 0 amide bonds. The molecule has 0 aromatic rings. The van der Waals surface area contributed by atoms with E-state index < -0.39 is 22.5 Å². The Morgan fingerprint density at radius 2 is 1.82 bits per heavy atom. The molecule has 4 aliphatic carbocycles. The van der Waals surface area contributed by atoms with Gasteiger partial charge < -0.3 is 9.84 Å². The van der Waals surface area contributed by atoms with E-state index in [-0.39, 0.29) is 28.6 Å². The van der Waals surface area contributed by atoms with Gasteiger partial charge in [-0.25, -0.2) is 0 Å². The summed E-state index contributed by atoms with van der Waals surface area (Å²) in [4.78, 5) is 13.9. The number of hydrogen-bond donors (Lipinski definition) is 1. The second kappa shape index (κ2) is 7.09. The molecule has 3 heteroatoms. The normalized spacial score (nSPS) is 50.4. The Balaban J connectivity index is 1.55. The molecule has 0 aromatic heterocycles. The van der Waals surface area contributed by atoms with Crippen LogP contribution in [0.3, 0.4) is 0 Å². The SMILES string of the molecule is CC(C)=C/C=C/[C@@H](C)[C@H]1CC[C@@]2(C)[C@@H]3C=C[C@@]45OC(=O)[C@]3(CC[C@]12C)C4CC[C@H](O)C5(C)C. The standard InChI is InChI=1S/C30H44O3/c1-19(2)9-8-10-20(3)21-13-15-28(7)22-14-16-30-23(11-12-24(31)26(30,4)5)29(22,25(32)33-30)18-17-27(21,28)6/h8-10,14,16,20-24,31H,11-13,15,17-18H2,1-7H3/b10-8+/t20-,21-,22+,23?,24+,27-,28+,29+,30-/m1/s1. The Bertz CT molecular complexity index is 938. The molecule has 1 unspecified atom stereocenters. The van der Waals surface area contributed by atoms with E-state index in [9.17, 15) is 9.90 Å². The molecule has 1 N–H and O–H groups in total. The molecule has 182 valence electrons. The molecule has 5 rings (SSSR count). The summed E-state index contributed by atoms with van der Waals surface area (Å²) in [5, 5.41) is 10.9. The lowest BCUT2D eigenvalue weighted by atomic mass is 9.38. The lowest BCUT2D eigenvalue weighted by molar-refractivity contribution is -0.173. The molecule has 2 bridgehead atoms. The molecule has 5 aliphatic rings. The average Bonchev–Trinajstić information content (AvgIpc) is 3.09. The first kappa shape index (κ1) is 23.4. The molecule has 0 radical (unpaired) electrons. The molecule has 1 heterocycles. The van der Waals surface area contributed by atoms with E-state index in [4.69, 9.17) is 4.74 Å². The molecule has 33 heavy (non-hydrogen) atoms. The second-order valence-electron chi connectivity index (χ2n) is 13.4. The first-order valence-electron chi connectivity index (χ1n) is 13.3. The van der Waals surface area contributed by atoms with Gasteiger partial charge in [0.25, 0.3) is 0 Å². The molecule has 1 aliphatic heterocycles. The fourth-order valence-electron chi connectivity index (χ4n) is 9.51. The monoisotopic (exact) mass is 452 g/mol. The van der Waals surface area contributed by atoms with Crippen molar-refractivity contribution in [1.82, 2.24) is 0 Å². The van der Waals surface area contributed by atoms with Gasteiger partial charge in [0.15, 0.2) is 0 Å². The van der Waals surface area contributed by atoms with Crippen molar-refractivity contribution in [2.24, 2.45) is 45.3 Å². The van der Waals surface area contributed by atoms with Crippen molar-refractivity contribution in [3.05, 3.63) is 36.0 Å². The van der Waals surface area contributed by atoms with Gasteiger partial charge in [-0.15, -0.1) is 0 Å². The van der Waals surface area contributed by atoms with Gasteiger partial charge in [0, 0.05) is 11.3 Å². The lowest BCUT2D eigenvalue weighted by Gasteiger charge is -2.63. The van der Waals surface area contributed by atoms with E-state index in [1.807, 2.05) is 0 Å². The highest BCUT2D eigenvalue weighted by molar-refractivity contribution is 5.83. The maximum atomic E-state index is 13.9. The number of aliphatic hydroxyl groups excluding tert-OH is 1. The number of fused-ring (bicyclic) bond motifs is 2. The highest BCUT2D eigenvalue weighted by atomic mass is 16.6. The first-order valence-corrected chi connectivity index (χ1v) is 13.3. The van der Waals surface area contributed by atoms with Crippen LogP contribution in [0.2, 0.25) is 0 Å². The number of carbonyl (C=O) groups excluding carboxylic acids is 1. The van der Waals surface area contributed by atoms with E-state index in [1.54, 1.807) is 0 Å². The molecular formula is C30H44O3. The van der Waals surface area contributed by atoms with Crippen molar-refractivity contribution < 1.29 is 14.6 Å². The zero-order valence-electron chi connectivity index (χ0n) is 21.8. The van der Waals surface area contributed by atoms with Gasteiger partial charge >= 0.3 is 5.97 Å². The Hall–Kier alpha value is -1.35. The topological polar surface area (TPSA) is 46.5 Å². The number of aliphatic hydroxyl groups is 1. The molecule has 0 aromatic carbocycles. The largest absolute Gasteiger partial charge is 0.453 e. The van der Waals surface area contributed by atoms with Crippen molar-refractivity contribution in [2.75, 3.05) is 0 Å². The summed E-state index contributed by atoms with van der Waals surface area (Å²) in [6, 6.07) is 0. The van der Waals surface area contributed by atoms with E-state index in [0.717, 1.165) is 25.7 Å². The van der Waals surface area contributed by atoms with E-state index in [1.165, 1.54) is 18.4 Å². The van der Waals surface area contributed by atoms with Gasteiger partial charge in [0.05, 0.1) is 11.5 Å². The number of esters is 1. The zero-order valence-corrected chi connectivity index (χ0v) is 21.8. The lowest BCUT2D eigenvalue weighted by Crippen LogP contribution is -2.64. The Morgan fingerprint density at radius 1 is 1.09 bits per heavy atom. The minimum absolute atomic E-state index is 0.0212. The van der Waals surface area contributed by atoms with Gasteiger partial charge in [-0.05, 0) is 87.0 Å². The van der Waals surface area contributed by atoms with Crippen molar-refractivity contribution in [1.29, 1.82) is 0 Å². The van der Waals surface area contributed by atoms with Crippen LogP contribution < -0.4 is 0 Å². The van der Waals surface area contributed by atoms with Crippen molar-refractivity contribution in [3.8, 4) is 0 Å². The minimum Gasteiger partial charge on any atom is -0.453 e. The van der Waals surface area contributed by atoms with Gasteiger partial charge in [0.1, 0.15) is 5.60 Å². The Kier molecular flexibility index (Phi) is 5.03. The molecule has 3 saturated carbocycles. The molecule has 1 spiro atoms. The van der Waals surface area contributed by atoms with Crippen LogP contribution in [0.25, 0.3) is 0 Å². The number of carbonyl (C=O) groups is 1. The summed E-state index contributed by atoms with van der Waals surface area (Å²) in [7, 11) is 0. The summed E-state index contributed by atoms with van der Waals surface area (Å²) in [6.07, 6.45) is 17.1. The van der Waals surface area contributed by atoms with Crippen LogP contribution in [0.4, 0.5) is 0 Å². The van der Waals surface area contributed by atoms with E-state index >= 15 is 0 Å². The predicted octanol–water partition coefficient (Wildman–Crippen LogP) is 6.63. The summed E-state index contributed by atoms with van der Waals surface area (Å²) >= 11 is 0. The summed E-state index contributed by atoms with van der Waals surface area (Å²) < 4.78 is 6.40. The summed E-state index contributed by atoms with van der Waals surface area (Å²) in [5.74, 6) is 1.58. The van der Waals surface area contributed by atoms with Crippen LogP contribution >= 0.6 is 0 Å². The smallest absolute Gasteiger partial charge is 0.314 e. The highest BCUT2D eigenvalue weighted by Gasteiger charge is 2.79.